The number of carbonyl (C=O) groups excluding carboxylic acids is 1. The van der Waals surface area contributed by atoms with Crippen molar-refractivity contribution < 1.29 is 4.79 Å². The summed E-state index contributed by atoms with van der Waals surface area (Å²) >= 11 is 0. The first-order valence-electron chi connectivity index (χ1n) is 10.6. The SMILES string of the molecule is CC1CC2CC(C)(C(=O)N3CCCNCC3)CC(c3ccccc3)(C1)C2. The molecule has 3 heteroatoms. The van der Waals surface area contributed by atoms with E-state index in [-0.39, 0.29) is 10.8 Å². The highest BCUT2D eigenvalue weighted by Gasteiger charge is 2.53. The third-order valence-corrected chi connectivity index (χ3v) is 7.15. The van der Waals surface area contributed by atoms with Crippen molar-refractivity contribution in [1.82, 2.24) is 10.2 Å². The number of carbonyl (C=O) groups is 1. The molecule has 2 aliphatic carbocycles. The van der Waals surface area contributed by atoms with Gasteiger partial charge in [0.2, 0.25) is 5.91 Å². The van der Waals surface area contributed by atoms with Gasteiger partial charge in [-0.25, -0.2) is 0 Å². The molecule has 0 aromatic heterocycles. The Balaban J connectivity index is 1.64. The molecule has 1 amide bonds. The topological polar surface area (TPSA) is 32.3 Å². The normalized spacial score (nSPS) is 37.8. The van der Waals surface area contributed by atoms with E-state index in [1.165, 1.54) is 24.8 Å². The molecule has 4 rings (SSSR count). The smallest absolute Gasteiger partial charge is 0.228 e. The van der Waals surface area contributed by atoms with Crippen LogP contribution in [-0.2, 0) is 10.2 Å². The molecule has 1 heterocycles. The molecule has 3 nitrogen and oxygen atoms in total. The largest absolute Gasteiger partial charge is 0.341 e. The zero-order valence-electron chi connectivity index (χ0n) is 16.5. The maximum Gasteiger partial charge on any atom is 0.228 e. The molecule has 4 atom stereocenters. The van der Waals surface area contributed by atoms with E-state index in [4.69, 9.17) is 0 Å². The van der Waals surface area contributed by atoms with E-state index in [0.717, 1.165) is 51.4 Å². The molecule has 3 aliphatic rings. The molecule has 26 heavy (non-hydrogen) atoms. The number of rotatable bonds is 2. The highest BCUT2D eigenvalue weighted by atomic mass is 16.2. The fourth-order valence-electron chi connectivity index (χ4n) is 6.52. The first-order chi connectivity index (χ1) is 12.5. The molecule has 1 aromatic rings. The van der Waals surface area contributed by atoms with Crippen molar-refractivity contribution in [2.75, 3.05) is 26.2 Å². The second kappa shape index (κ2) is 6.99. The average molecular weight is 355 g/mol. The number of benzene rings is 1. The highest BCUT2D eigenvalue weighted by molar-refractivity contribution is 5.83. The summed E-state index contributed by atoms with van der Waals surface area (Å²) < 4.78 is 0. The van der Waals surface area contributed by atoms with Crippen LogP contribution in [0.3, 0.4) is 0 Å². The fraction of sp³-hybridized carbons (Fsp3) is 0.696. The predicted octanol–water partition coefficient (Wildman–Crippen LogP) is 3.98. The molecule has 1 aliphatic heterocycles. The van der Waals surface area contributed by atoms with Crippen LogP contribution in [0.15, 0.2) is 30.3 Å². The van der Waals surface area contributed by atoms with Gasteiger partial charge in [0.1, 0.15) is 0 Å². The molecule has 0 radical (unpaired) electrons. The van der Waals surface area contributed by atoms with Crippen molar-refractivity contribution in [1.29, 1.82) is 0 Å². The highest BCUT2D eigenvalue weighted by Crippen LogP contribution is 2.58. The van der Waals surface area contributed by atoms with Crippen LogP contribution in [0.2, 0.25) is 0 Å². The summed E-state index contributed by atoms with van der Waals surface area (Å²) in [6, 6.07) is 11.1. The van der Waals surface area contributed by atoms with Gasteiger partial charge in [0, 0.05) is 25.0 Å². The van der Waals surface area contributed by atoms with Gasteiger partial charge < -0.3 is 10.2 Å². The standard InChI is InChI=1S/C23H34N2O/c1-18-13-19-15-22(2,21(26)25-11-6-9-24-10-12-25)17-23(14-18,16-19)20-7-4-3-5-8-20/h3-5,7-8,18-19,24H,6,9-17H2,1-2H3. The average Bonchev–Trinajstić information content (AvgIpc) is 2.90. The Labute approximate surface area is 158 Å². The van der Waals surface area contributed by atoms with Crippen LogP contribution < -0.4 is 5.32 Å². The Morgan fingerprint density at radius 2 is 1.92 bits per heavy atom. The Morgan fingerprint density at radius 1 is 1.12 bits per heavy atom. The maximum atomic E-state index is 13.6. The molecular weight excluding hydrogens is 320 g/mol. The number of hydrogen-bond acceptors (Lipinski definition) is 2. The minimum Gasteiger partial charge on any atom is -0.341 e. The number of hydrogen-bond donors (Lipinski definition) is 1. The lowest BCUT2D eigenvalue weighted by Gasteiger charge is -2.55. The predicted molar refractivity (Wildman–Crippen MR) is 106 cm³/mol. The zero-order valence-corrected chi connectivity index (χ0v) is 16.5. The van der Waals surface area contributed by atoms with Crippen LogP contribution in [0.25, 0.3) is 0 Å². The van der Waals surface area contributed by atoms with E-state index in [9.17, 15) is 4.79 Å². The van der Waals surface area contributed by atoms with Crippen LogP contribution in [0.5, 0.6) is 0 Å². The summed E-state index contributed by atoms with van der Waals surface area (Å²) in [5.74, 6) is 1.86. The molecule has 2 saturated carbocycles. The van der Waals surface area contributed by atoms with Crippen molar-refractivity contribution in [3.05, 3.63) is 35.9 Å². The Kier molecular flexibility index (Phi) is 4.85. The van der Waals surface area contributed by atoms with Gasteiger partial charge >= 0.3 is 0 Å². The van der Waals surface area contributed by atoms with E-state index in [2.05, 4.69) is 54.4 Å². The molecule has 3 fully saturated rings. The molecule has 2 bridgehead atoms. The summed E-state index contributed by atoms with van der Waals surface area (Å²) in [5.41, 5.74) is 1.45. The first-order valence-corrected chi connectivity index (χ1v) is 10.6. The quantitative estimate of drug-likeness (QED) is 0.871. The van der Waals surface area contributed by atoms with E-state index < -0.39 is 0 Å². The zero-order chi connectivity index (χ0) is 18.2. The monoisotopic (exact) mass is 354 g/mol. The van der Waals surface area contributed by atoms with E-state index >= 15 is 0 Å². The number of amides is 1. The fourth-order valence-corrected chi connectivity index (χ4v) is 6.52. The lowest BCUT2D eigenvalue weighted by molar-refractivity contribution is -0.147. The van der Waals surface area contributed by atoms with Crippen LogP contribution in [0, 0.1) is 17.3 Å². The third-order valence-electron chi connectivity index (χ3n) is 7.15. The van der Waals surface area contributed by atoms with Crippen LogP contribution in [-0.4, -0.2) is 37.0 Å². The van der Waals surface area contributed by atoms with E-state index in [0.29, 0.717) is 11.8 Å². The van der Waals surface area contributed by atoms with Crippen molar-refractivity contribution in [2.45, 2.75) is 57.8 Å². The van der Waals surface area contributed by atoms with Gasteiger partial charge in [0.15, 0.2) is 0 Å². The van der Waals surface area contributed by atoms with Crippen LogP contribution in [0.4, 0.5) is 0 Å². The lowest BCUT2D eigenvalue weighted by Crippen LogP contribution is -2.53. The number of fused-ring (bicyclic) bond motifs is 2. The van der Waals surface area contributed by atoms with E-state index in [1.54, 1.807) is 0 Å². The third kappa shape index (κ3) is 3.31. The summed E-state index contributed by atoms with van der Waals surface area (Å²) in [5, 5.41) is 3.43. The van der Waals surface area contributed by atoms with Gasteiger partial charge in [0.05, 0.1) is 0 Å². The molecule has 1 aromatic carbocycles. The Morgan fingerprint density at radius 3 is 2.73 bits per heavy atom. The van der Waals surface area contributed by atoms with Gasteiger partial charge in [0.25, 0.3) is 0 Å². The van der Waals surface area contributed by atoms with Crippen molar-refractivity contribution in [3.8, 4) is 0 Å². The lowest BCUT2D eigenvalue weighted by atomic mass is 9.50. The van der Waals surface area contributed by atoms with Gasteiger partial charge in [-0.05, 0) is 67.9 Å². The summed E-state index contributed by atoms with van der Waals surface area (Å²) in [7, 11) is 0. The van der Waals surface area contributed by atoms with Gasteiger partial charge in [-0.1, -0.05) is 44.2 Å². The van der Waals surface area contributed by atoms with Crippen molar-refractivity contribution >= 4 is 5.91 Å². The number of nitrogens with zero attached hydrogens (tertiary/aromatic N) is 1. The minimum absolute atomic E-state index is 0.191. The number of nitrogens with one attached hydrogen (secondary N) is 1. The molecule has 142 valence electrons. The summed E-state index contributed by atoms with van der Waals surface area (Å²) in [4.78, 5) is 15.8. The Hall–Kier alpha value is -1.35. The van der Waals surface area contributed by atoms with Crippen LogP contribution >= 0.6 is 0 Å². The Bertz CT molecular complexity index is 633. The van der Waals surface area contributed by atoms with Gasteiger partial charge in [-0.2, -0.15) is 0 Å². The summed E-state index contributed by atoms with van der Waals surface area (Å²) in [6.07, 6.45) is 6.97. The van der Waals surface area contributed by atoms with Gasteiger partial charge in [-0.15, -0.1) is 0 Å². The molecule has 1 N–H and O–H groups in total. The van der Waals surface area contributed by atoms with E-state index in [1.807, 2.05) is 0 Å². The van der Waals surface area contributed by atoms with Crippen LogP contribution in [0.1, 0.15) is 57.9 Å². The maximum absolute atomic E-state index is 13.6. The first kappa shape index (κ1) is 18.0. The van der Waals surface area contributed by atoms with Crippen molar-refractivity contribution in [2.24, 2.45) is 17.3 Å². The molecular formula is C23H34N2O. The van der Waals surface area contributed by atoms with Gasteiger partial charge in [-0.3, -0.25) is 4.79 Å². The minimum atomic E-state index is -0.205. The summed E-state index contributed by atoms with van der Waals surface area (Å²) in [6.45, 7) is 8.44. The second-order valence-electron chi connectivity index (χ2n) is 9.60. The second-order valence-corrected chi connectivity index (χ2v) is 9.60. The molecule has 4 unspecified atom stereocenters. The molecule has 1 saturated heterocycles. The molecule has 0 spiro atoms. The van der Waals surface area contributed by atoms with Crippen molar-refractivity contribution in [3.63, 3.8) is 0 Å².